The summed E-state index contributed by atoms with van der Waals surface area (Å²) in [6, 6.07) is 8.82. The molecule has 1 heterocycles. The normalized spacial score (nSPS) is 19.2. The molecule has 0 aromatic heterocycles. The van der Waals surface area contributed by atoms with Gasteiger partial charge >= 0.3 is 0 Å². The van der Waals surface area contributed by atoms with Crippen molar-refractivity contribution in [2.75, 3.05) is 37.7 Å². The molecular formula is C28H37FN2O2. The zero-order chi connectivity index (χ0) is 23.5. The van der Waals surface area contributed by atoms with Gasteiger partial charge in [0.2, 0.25) is 5.91 Å². The molecule has 2 aromatic carbocycles. The van der Waals surface area contributed by atoms with E-state index >= 15 is 0 Å². The second-order valence-electron chi connectivity index (χ2n) is 9.70. The van der Waals surface area contributed by atoms with Gasteiger partial charge in [-0.1, -0.05) is 13.8 Å². The average molecular weight is 453 g/mol. The van der Waals surface area contributed by atoms with Gasteiger partial charge in [0.1, 0.15) is 11.6 Å². The van der Waals surface area contributed by atoms with Crippen molar-refractivity contribution in [2.24, 2.45) is 11.8 Å². The van der Waals surface area contributed by atoms with Crippen molar-refractivity contribution < 1.29 is 13.9 Å². The number of anilines is 1. The number of benzene rings is 2. The summed E-state index contributed by atoms with van der Waals surface area (Å²) in [7, 11) is 0. The lowest BCUT2D eigenvalue weighted by Gasteiger charge is -2.39. The van der Waals surface area contributed by atoms with Gasteiger partial charge < -0.3 is 14.5 Å². The van der Waals surface area contributed by atoms with Crippen molar-refractivity contribution in [3.05, 3.63) is 58.4 Å². The summed E-state index contributed by atoms with van der Waals surface area (Å²) in [5.74, 6) is 1.43. The van der Waals surface area contributed by atoms with Gasteiger partial charge in [0, 0.05) is 37.8 Å². The Morgan fingerprint density at radius 3 is 2.48 bits per heavy atom. The van der Waals surface area contributed by atoms with Crippen molar-refractivity contribution in [1.82, 2.24) is 4.90 Å². The number of hydrogen-bond acceptors (Lipinski definition) is 3. The van der Waals surface area contributed by atoms with Crippen LogP contribution in [-0.2, 0) is 17.6 Å². The number of halogens is 1. The molecule has 1 aliphatic carbocycles. The minimum atomic E-state index is -0.218. The molecule has 1 fully saturated rings. The Labute approximate surface area is 197 Å². The van der Waals surface area contributed by atoms with E-state index in [1.807, 2.05) is 17.0 Å². The van der Waals surface area contributed by atoms with Crippen molar-refractivity contribution in [2.45, 2.75) is 53.4 Å². The molecule has 33 heavy (non-hydrogen) atoms. The van der Waals surface area contributed by atoms with Gasteiger partial charge in [-0.05, 0) is 98.0 Å². The van der Waals surface area contributed by atoms with E-state index in [1.54, 1.807) is 0 Å². The smallest absolute Gasteiger partial charge is 0.225 e. The maximum atomic E-state index is 13.4. The Morgan fingerprint density at radius 2 is 1.82 bits per heavy atom. The molecule has 2 aliphatic rings. The first-order chi connectivity index (χ1) is 15.9. The largest absolute Gasteiger partial charge is 0.493 e. The zero-order valence-electron chi connectivity index (χ0n) is 20.5. The van der Waals surface area contributed by atoms with E-state index in [4.69, 9.17) is 4.74 Å². The molecule has 0 bridgehead atoms. The summed E-state index contributed by atoms with van der Waals surface area (Å²) in [4.78, 5) is 17.6. The minimum absolute atomic E-state index is 0.00967. The van der Waals surface area contributed by atoms with E-state index in [0.29, 0.717) is 5.92 Å². The van der Waals surface area contributed by atoms with Crippen LogP contribution in [0.3, 0.4) is 0 Å². The summed E-state index contributed by atoms with van der Waals surface area (Å²) in [6.45, 7) is 12.4. The molecule has 4 nitrogen and oxygen atoms in total. The van der Waals surface area contributed by atoms with Crippen LogP contribution in [0.2, 0.25) is 0 Å². The number of aryl methyl sites for hydroxylation is 1. The highest BCUT2D eigenvalue weighted by atomic mass is 19.1. The zero-order valence-corrected chi connectivity index (χ0v) is 20.5. The predicted molar refractivity (Wildman–Crippen MR) is 132 cm³/mol. The van der Waals surface area contributed by atoms with E-state index < -0.39 is 0 Å². The number of hydrogen-bond donors (Lipinski definition) is 0. The van der Waals surface area contributed by atoms with Crippen LogP contribution in [0, 0.1) is 31.5 Å². The molecule has 2 atom stereocenters. The van der Waals surface area contributed by atoms with Crippen LogP contribution in [0.1, 0.15) is 48.9 Å². The second-order valence-corrected chi connectivity index (χ2v) is 9.70. The van der Waals surface area contributed by atoms with E-state index in [-0.39, 0.29) is 17.6 Å². The number of ether oxygens (including phenoxy) is 1. The van der Waals surface area contributed by atoms with Crippen LogP contribution in [-0.4, -0.2) is 43.6 Å². The van der Waals surface area contributed by atoms with Crippen LogP contribution in [0.5, 0.6) is 5.75 Å². The van der Waals surface area contributed by atoms with Crippen LogP contribution in [0.4, 0.5) is 10.1 Å². The first-order valence-electron chi connectivity index (χ1n) is 12.4. The van der Waals surface area contributed by atoms with Gasteiger partial charge in [-0.25, -0.2) is 4.39 Å². The summed E-state index contributed by atoms with van der Waals surface area (Å²) in [6.07, 6.45) is 4.05. The molecule has 2 unspecified atom stereocenters. The Balaban J connectivity index is 1.40. The lowest BCUT2D eigenvalue weighted by molar-refractivity contribution is -0.137. The molecule has 1 aliphatic heterocycles. The van der Waals surface area contributed by atoms with E-state index in [9.17, 15) is 9.18 Å². The van der Waals surface area contributed by atoms with Gasteiger partial charge in [-0.2, -0.15) is 0 Å². The molecule has 0 radical (unpaired) electrons. The Morgan fingerprint density at radius 1 is 1.12 bits per heavy atom. The van der Waals surface area contributed by atoms with Crippen LogP contribution in [0.15, 0.2) is 30.3 Å². The molecule has 0 saturated carbocycles. The highest BCUT2D eigenvalue weighted by Crippen LogP contribution is 2.38. The summed E-state index contributed by atoms with van der Waals surface area (Å²) < 4.78 is 19.2. The van der Waals surface area contributed by atoms with Gasteiger partial charge in [0.15, 0.2) is 0 Å². The Hall–Kier alpha value is -2.56. The maximum Gasteiger partial charge on any atom is 0.225 e. The second kappa shape index (κ2) is 10.1. The van der Waals surface area contributed by atoms with Gasteiger partial charge in [0.05, 0.1) is 6.61 Å². The van der Waals surface area contributed by atoms with Crippen LogP contribution >= 0.6 is 0 Å². The number of carbonyl (C=O) groups is 1. The first-order valence-corrected chi connectivity index (χ1v) is 12.4. The number of carbonyl (C=O) groups excluding carboxylic acids is 1. The van der Waals surface area contributed by atoms with E-state index in [1.165, 1.54) is 34.4 Å². The third-order valence-corrected chi connectivity index (χ3v) is 7.58. The van der Waals surface area contributed by atoms with Crippen molar-refractivity contribution in [1.29, 1.82) is 0 Å². The molecule has 0 spiro atoms. The third-order valence-electron chi connectivity index (χ3n) is 7.58. The van der Waals surface area contributed by atoms with Crippen molar-refractivity contribution in [3.63, 3.8) is 0 Å². The molecular weight excluding hydrogens is 415 g/mol. The Kier molecular flexibility index (Phi) is 7.26. The number of piperazine rings is 1. The van der Waals surface area contributed by atoms with Gasteiger partial charge in [0.25, 0.3) is 0 Å². The van der Waals surface area contributed by atoms with E-state index in [2.05, 4.69) is 38.7 Å². The van der Waals surface area contributed by atoms with Crippen molar-refractivity contribution >= 4 is 11.6 Å². The molecule has 1 saturated heterocycles. The first kappa shape index (κ1) is 23.6. The fourth-order valence-electron chi connectivity index (χ4n) is 5.44. The molecule has 5 heteroatoms. The number of rotatable bonds is 6. The topological polar surface area (TPSA) is 32.8 Å². The average Bonchev–Trinajstić information content (AvgIpc) is 2.84. The summed E-state index contributed by atoms with van der Waals surface area (Å²) in [5.41, 5.74) is 6.45. The van der Waals surface area contributed by atoms with Gasteiger partial charge in [-0.15, -0.1) is 0 Å². The monoisotopic (exact) mass is 452 g/mol. The predicted octanol–water partition coefficient (Wildman–Crippen LogP) is 5.32. The Bertz CT molecular complexity index is 980. The van der Waals surface area contributed by atoms with Crippen molar-refractivity contribution in [3.8, 4) is 5.75 Å². The fourth-order valence-corrected chi connectivity index (χ4v) is 5.44. The van der Waals surface area contributed by atoms with E-state index in [0.717, 1.165) is 69.9 Å². The quantitative estimate of drug-likeness (QED) is 0.595. The molecule has 4 rings (SSSR count). The lowest BCUT2D eigenvalue weighted by atomic mass is 9.74. The standard InChI is InChI=1S/C28H37FN2O2/c1-5-16-33-27-17-19(2)25-11-6-22(18-26(25)21(27)4)20(3)28(32)31-14-12-30(13-15-31)24-9-7-23(29)8-10-24/h7-10,17,20,22H,5-6,11-16,18H2,1-4H3. The number of amides is 1. The molecule has 1 amide bonds. The van der Waals surface area contributed by atoms with Crippen LogP contribution in [0.25, 0.3) is 0 Å². The number of fused-ring (bicyclic) bond motifs is 1. The fraction of sp³-hybridized carbons (Fsp3) is 0.536. The highest BCUT2D eigenvalue weighted by molar-refractivity contribution is 5.79. The third kappa shape index (κ3) is 5.02. The minimum Gasteiger partial charge on any atom is -0.493 e. The molecule has 178 valence electrons. The lowest BCUT2D eigenvalue weighted by Crippen LogP contribution is -2.51. The van der Waals surface area contributed by atoms with Gasteiger partial charge in [-0.3, -0.25) is 4.79 Å². The SMILES string of the molecule is CCCOc1cc(C)c2c(c1C)CC(C(C)C(=O)N1CCN(c3ccc(F)cc3)CC1)CC2. The molecule has 2 aromatic rings. The van der Waals surface area contributed by atoms with Crippen LogP contribution < -0.4 is 9.64 Å². The summed E-state index contributed by atoms with van der Waals surface area (Å²) in [5, 5.41) is 0. The summed E-state index contributed by atoms with van der Waals surface area (Å²) >= 11 is 0. The maximum absolute atomic E-state index is 13.4. The molecule has 0 N–H and O–H groups in total. The number of nitrogens with zero attached hydrogens (tertiary/aromatic N) is 2. The highest BCUT2D eigenvalue weighted by Gasteiger charge is 2.33.